The molecule has 8 aromatic carbocycles. The monoisotopic (exact) mass is 723 g/mol. The van der Waals surface area contributed by atoms with Crippen molar-refractivity contribution in [2.24, 2.45) is 0 Å². The van der Waals surface area contributed by atoms with Gasteiger partial charge in [-0.3, -0.25) is 0 Å². The molecule has 0 atom stereocenters. The fourth-order valence-corrected chi connectivity index (χ4v) is 11.4. The van der Waals surface area contributed by atoms with Crippen LogP contribution in [0.3, 0.4) is 0 Å². The summed E-state index contributed by atoms with van der Waals surface area (Å²) in [5.74, 6) is 0. The van der Waals surface area contributed by atoms with Crippen molar-refractivity contribution in [1.29, 1.82) is 0 Å². The molecule has 262 valence electrons. The van der Waals surface area contributed by atoms with Gasteiger partial charge in [0, 0.05) is 70.3 Å². The zero-order valence-corrected chi connectivity index (χ0v) is 32.0. The molecular formula is C52H37NOS. The van der Waals surface area contributed by atoms with Gasteiger partial charge in [-0.1, -0.05) is 131 Å². The largest absolute Gasteiger partial charge is 0.455 e. The number of hydrogen-bond donors (Lipinski definition) is 0. The van der Waals surface area contributed by atoms with E-state index >= 15 is 0 Å². The molecule has 0 bridgehead atoms. The smallest absolute Gasteiger partial charge is 0.145 e. The Labute approximate surface area is 323 Å². The van der Waals surface area contributed by atoms with Gasteiger partial charge in [0.1, 0.15) is 11.2 Å². The van der Waals surface area contributed by atoms with Crippen LogP contribution in [-0.4, -0.2) is 0 Å². The molecule has 0 fully saturated rings. The van der Waals surface area contributed by atoms with Crippen molar-refractivity contribution in [1.82, 2.24) is 0 Å². The summed E-state index contributed by atoms with van der Waals surface area (Å²) in [6.07, 6.45) is 0. The number of anilines is 3. The highest BCUT2D eigenvalue weighted by atomic mass is 32.1. The van der Waals surface area contributed by atoms with Crippen molar-refractivity contribution in [2.75, 3.05) is 4.90 Å². The minimum absolute atomic E-state index is 0.117. The number of hydrogen-bond acceptors (Lipinski definition) is 3. The Bertz CT molecular complexity index is 3180. The molecule has 2 heterocycles. The first-order chi connectivity index (χ1) is 26.8. The Balaban J connectivity index is 1.11. The lowest BCUT2D eigenvalue weighted by Crippen LogP contribution is -2.18. The standard InChI is InChI=1S/C52H37NOS/c1-51(2)41-18-10-7-13-33(41)35-24-21-30(27-43(35)51)53(31-22-25-36-34-14-8-11-19-42(34)52(3,4)44(36)28-31)32-23-26-39-45(29-32)54-49-47(39)37-15-5-6-16-38(37)50-48(49)40-17-9-12-20-46(40)55-50/h5-29H,1-4H3. The Morgan fingerprint density at radius 2 is 0.945 bits per heavy atom. The molecule has 3 heteroatoms. The molecule has 12 rings (SSSR count). The van der Waals surface area contributed by atoms with E-state index in [4.69, 9.17) is 4.42 Å². The Morgan fingerprint density at radius 3 is 1.60 bits per heavy atom. The van der Waals surface area contributed by atoms with E-state index in [0.717, 1.165) is 33.6 Å². The molecule has 0 N–H and O–H groups in total. The van der Waals surface area contributed by atoms with Crippen molar-refractivity contribution in [2.45, 2.75) is 38.5 Å². The van der Waals surface area contributed by atoms with Gasteiger partial charge in [-0.25, -0.2) is 0 Å². The lowest BCUT2D eigenvalue weighted by Gasteiger charge is -2.29. The second-order valence-corrected chi connectivity index (χ2v) is 17.5. The van der Waals surface area contributed by atoms with Crippen LogP contribution in [-0.2, 0) is 10.8 Å². The molecule has 0 unspecified atom stereocenters. The quantitative estimate of drug-likeness (QED) is 0.180. The maximum atomic E-state index is 7.08. The van der Waals surface area contributed by atoms with E-state index in [1.807, 2.05) is 11.3 Å². The molecule has 0 saturated carbocycles. The zero-order chi connectivity index (χ0) is 36.8. The molecule has 0 aliphatic heterocycles. The highest BCUT2D eigenvalue weighted by molar-refractivity contribution is 7.27. The molecule has 0 radical (unpaired) electrons. The van der Waals surface area contributed by atoms with Crippen molar-refractivity contribution < 1.29 is 4.42 Å². The van der Waals surface area contributed by atoms with E-state index in [0.29, 0.717) is 0 Å². The first-order valence-corrected chi connectivity index (χ1v) is 20.1. The second-order valence-electron chi connectivity index (χ2n) is 16.5. The summed E-state index contributed by atoms with van der Waals surface area (Å²) in [7, 11) is 0. The average molecular weight is 724 g/mol. The normalized spacial score (nSPS) is 14.8. The van der Waals surface area contributed by atoms with Crippen molar-refractivity contribution in [3.05, 3.63) is 174 Å². The first kappa shape index (κ1) is 31.2. The maximum absolute atomic E-state index is 7.08. The molecule has 2 aliphatic rings. The van der Waals surface area contributed by atoms with Crippen LogP contribution < -0.4 is 4.90 Å². The van der Waals surface area contributed by atoms with Gasteiger partial charge in [0.25, 0.3) is 0 Å². The molecule has 2 nitrogen and oxygen atoms in total. The average Bonchev–Trinajstić information content (AvgIpc) is 3.91. The molecule has 10 aromatic rings. The van der Waals surface area contributed by atoms with E-state index in [1.54, 1.807) is 0 Å². The predicted octanol–water partition coefficient (Wildman–Crippen LogP) is 15.2. The number of furan rings is 1. The lowest BCUT2D eigenvalue weighted by atomic mass is 9.82. The van der Waals surface area contributed by atoms with Crippen LogP contribution in [0.1, 0.15) is 49.9 Å². The Morgan fingerprint density at radius 1 is 0.436 bits per heavy atom. The SMILES string of the molecule is CC1(C)c2ccccc2-c2ccc(N(c3ccc4c(c3)C(C)(C)c3ccccc3-4)c3ccc4c(c3)oc3c4c4ccccc4c4sc5ccccc5c34)cc21. The molecular weight excluding hydrogens is 687 g/mol. The highest BCUT2D eigenvalue weighted by Crippen LogP contribution is 2.54. The van der Waals surface area contributed by atoms with Crippen LogP contribution in [0.15, 0.2) is 156 Å². The summed E-state index contributed by atoms with van der Waals surface area (Å²) < 4.78 is 9.65. The van der Waals surface area contributed by atoms with Gasteiger partial charge >= 0.3 is 0 Å². The number of nitrogens with zero attached hydrogens (tertiary/aromatic N) is 1. The van der Waals surface area contributed by atoms with Crippen LogP contribution >= 0.6 is 11.3 Å². The van der Waals surface area contributed by atoms with Gasteiger partial charge in [-0.2, -0.15) is 0 Å². The van der Waals surface area contributed by atoms with E-state index in [9.17, 15) is 0 Å². The van der Waals surface area contributed by atoms with Crippen molar-refractivity contribution in [3.8, 4) is 22.3 Å². The number of fused-ring (bicyclic) bond motifs is 16. The van der Waals surface area contributed by atoms with Crippen molar-refractivity contribution >= 4 is 81.3 Å². The third-order valence-electron chi connectivity index (χ3n) is 12.8. The van der Waals surface area contributed by atoms with Crippen molar-refractivity contribution in [3.63, 3.8) is 0 Å². The second kappa shape index (κ2) is 10.7. The molecule has 0 spiro atoms. The lowest BCUT2D eigenvalue weighted by molar-refractivity contribution is 0.660. The van der Waals surface area contributed by atoms with Crippen LogP contribution in [0.2, 0.25) is 0 Å². The third-order valence-corrected chi connectivity index (χ3v) is 14.1. The molecule has 0 amide bonds. The minimum atomic E-state index is -0.117. The van der Waals surface area contributed by atoms with Gasteiger partial charge in [0.2, 0.25) is 0 Å². The molecule has 55 heavy (non-hydrogen) atoms. The van der Waals surface area contributed by atoms with Crippen LogP contribution in [0.5, 0.6) is 0 Å². The number of rotatable bonds is 3. The van der Waals surface area contributed by atoms with E-state index in [2.05, 4.69) is 184 Å². The predicted molar refractivity (Wildman–Crippen MR) is 234 cm³/mol. The summed E-state index contributed by atoms with van der Waals surface area (Å²) in [6, 6.07) is 56.3. The van der Waals surface area contributed by atoms with Crippen LogP contribution in [0, 0.1) is 0 Å². The summed E-state index contributed by atoms with van der Waals surface area (Å²) in [5, 5.41) is 7.31. The van der Waals surface area contributed by atoms with E-state index < -0.39 is 0 Å². The highest BCUT2D eigenvalue weighted by Gasteiger charge is 2.38. The number of benzene rings is 8. The summed E-state index contributed by atoms with van der Waals surface area (Å²) in [5.41, 5.74) is 15.8. The third kappa shape index (κ3) is 4.09. The van der Waals surface area contributed by atoms with Gasteiger partial charge < -0.3 is 9.32 Å². The topological polar surface area (TPSA) is 16.4 Å². The summed E-state index contributed by atoms with van der Waals surface area (Å²) >= 11 is 1.86. The Kier molecular flexibility index (Phi) is 6.10. The van der Waals surface area contributed by atoms with Gasteiger partial charge in [-0.05, 0) is 92.4 Å². The maximum Gasteiger partial charge on any atom is 0.145 e. The van der Waals surface area contributed by atoms with Gasteiger partial charge in [0.15, 0.2) is 0 Å². The molecule has 2 aliphatic carbocycles. The van der Waals surface area contributed by atoms with Crippen LogP contribution in [0.25, 0.3) is 75.1 Å². The molecule has 2 aromatic heterocycles. The van der Waals surface area contributed by atoms with Gasteiger partial charge in [-0.15, -0.1) is 11.3 Å². The number of thiophene rings is 1. The zero-order valence-electron chi connectivity index (χ0n) is 31.2. The first-order valence-electron chi connectivity index (χ1n) is 19.3. The minimum Gasteiger partial charge on any atom is -0.455 e. The fraction of sp³-hybridized carbons (Fsp3) is 0.115. The molecule has 0 saturated heterocycles. The summed E-state index contributed by atoms with van der Waals surface area (Å²) in [4.78, 5) is 2.44. The van der Waals surface area contributed by atoms with E-state index in [-0.39, 0.29) is 10.8 Å². The van der Waals surface area contributed by atoms with Crippen LogP contribution in [0.4, 0.5) is 17.1 Å². The summed E-state index contributed by atoms with van der Waals surface area (Å²) in [6.45, 7) is 9.45. The fourth-order valence-electron chi connectivity index (χ4n) is 10.1. The van der Waals surface area contributed by atoms with E-state index in [1.165, 1.54) is 80.8 Å². The Hall–Kier alpha value is -6.16. The van der Waals surface area contributed by atoms with Gasteiger partial charge in [0.05, 0.1) is 0 Å².